The standard InChI is InChI=1S/C9H10N2O/c1-2-8-5-7(3-4-11-8)6-9(10)12/h2-5H,1,6H2,(H2,10,12). The predicted molar refractivity (Wildman–Crippen MR) is 47.2 cm³/mol. The average molecular weight is 162 g/mol. The Balaban J connectivity index is 2.86. The van der Waals surface area contributed by atoms with Crippen molar-refractivity contribution in [2.45, 2.75) is 6.42 Å². The van der Waals surface area contributed by atoms with Gasteiger partial charge in [0.1, 0.15) is 0 Å². The number of nitrogens with two attached hydrogens (primary N) is 1. The van der Waals surface area contributed by atoms with Crippen LogP contribution in [-0.2, 0) is 11.2 Å². The second kappa shape index (κ2) is 3.67. The van der Waals surface area contributed by atoms with Gasteiger partial charge in [0.25, 0.3) is 0 Å². The minimum atomic E-state index is -0.337. The highest BCUT2D eigenvalue weighted by Crippen LogP contribution is 2.02. The largest absolute Gasteiger partial charge is 0.369 e. The highest BCUT2D eigenvalue weighted by atomic mass is 16.1. The lowest BCUT2D eigenvalue weighted by Gasteiger charge is -1.97. The molecule has 0 bridgehead atoms. The van der Waals surface area contributed by atoms with Crippen LogP contribution in [0.25, 0.3) is 6.08 Å². The molecule has 0 unspecified atom stereocenters. The molecular formula is C9H10N2O. The quantitative estimate of drug-likeness (QED) is 0.713. The Labute approximate surface area is 70.9 Å². The maximum absolute atomic E-state index is 10.5. The molecule has 0 fully saturated rings. The van der Waals surface area contributed by atoms with Gasteiger partial charge in [0.15, 0.2) is 0 Å². The molecule has 0 aliphatic rings. The summed E-state index contributed by atoms with van der Waals surface area (Å²) >= 11 is 0. The lowest BCUT2D eigenvalue weighted by atomic mass is 10.1. The summed E-state index contributed by atoms with van der Waals surface area (Å²) in [5.74, 6) is -0.337. The number of amides is 1. The van der Waals surface area contributed by atoms with Crippen LogP contribution in [0.2, 0.25) is 0 Å². The van der Waals surface area contributed by atoms with Crippen LogP contribution in [0.15, 0.2) is 24.9 Å². The highest BCUT2D eigenvalue weighted by Gasteiger charge is 1.98. The summed E-state index contributed by atoms with van der Waals surface area (Å²) in [7, 11) is 0. The van der Waals surface area contributed by atoms with Gasteiger partial charge in [0, 0.05) is 6.20 Å². The Morgan fingerprint density at radius 3 is 3.08 bits per heavy atom. The summed E-state index contributed by atoms with van der Waals surface area (Å²) in [5.41, 5.74) is 6.66. The Hall–Kier alpha value is -1.64. The van der Waals surface area contributed by atoms with Gasteiger partial charge in [-0.3, -0.25) is 9.78 Å². The number of rotatable bonds is 3. The normalized spacial score (nSPS) is 9.33. The lowest BCUT2D eigenvalue weighted by molar-refractivity contribution is -0.117. The summed E-state index contributed by atoms with van der Waals surface area (Å²) in [6, 6.07) is 3.55. The zero-order chi connectivity index (χ0) is 8.97. The molecule has 0 aliphatic heterocycles. The van der Waals surface area contributed by atoms with Crippen molar-refractivity contribution < 1.29 is 4.79 Å². The van der Waals surface area contributed by atoms with E-state index in [1.807, 2.05) is 0 Å². The van der Waals surface area contributed by atoms with Crippen molar-refractivity contribution in [1.82, 2.24) is 4.98 Å². The van der Waals surface area contributed by atoms with Crippen molar-refractivity contribution in [2.24, 2.45) is 5.73 Å². The molecule has 0 atom stereocenters. The van der Waals surface area contributed by atoms with E-state index in [1.54, 1.807) is 24.4 Å². The minimum absolute atomic E-state index is 0.253. The van der Waals surface area contributed by atoms with Crippen LogP contribution in [-0.4, -0.2) is 10.9 Å². The van der Waals surface area contributed by atoms with E-state index >= 15 is 0 Å². The van der Waals surface area contributed by atoms with E-state index in [0.717, 1.165) is 11.3 Å². The number of carbonyl (C=O) groups excluding carboxylic acids is 1. The molecule has 0 saturated carbocycles. The van der Waals surface area contributed by atoms with Gasteiger partial charge in [0.05, 0.1) is 12.1 Å². The second-order valence-electron chi connectivity index (χ2n) is 2.44. The fourth-order valence-corrected chi connectivity index (χ4v) is 0.917. The van der Waals surface area contributed by atoms with E-state index in [-0.39, 0.29) is 12.3 Å². The minimum Gasteiger partial charge on any atom is -0.369 e. The Morgan fingerprint density at radius 2 is 2.50 bits per heavy atom. The van der Waals surface area contributed by atoms with Gasteiger partial charge in [-0.15, -0.1) is 0 Å². The van der Waals surface area contributed by atoms with Crippen LogP contribution in [0.5, 0.6) is 0 Å². The highest BCUT2D eigenvalue weighted by molar-refractivity contribution is 5.76. The predicted octanol–water partition coefficient (Wildman–Crippen LogP) is 0.752. The Morgan fingerprint density at radius 1 is 1.75 bits per heavy atom. The molecule has 0 spiro atoms. The average Bonchev–Trinajstić information content (AvgIpc) is 2.03. The lowest BCUT2D eigenvalue weighted by Crippen LogP contribution is -2.13. The van der Waals surface area contributed by atoms with E-state index in [1.165, 1.54) is 0 Å². The Bertz CT molecular complexity index is 307. The third-order valence-corrected chi connectivity index (χ3v) is 1.43. The van der Waals surface area contributed by atoms with Crippen molar-refractivity contribution in [1.29, 1.82) is 0 Å². The van der Waals surface area contributed by atoms with Crippen molar-refractivity contribution in [2.75, 3.05) is 0 Å². The van der Waals surface area contributed by atoms with Gasteiger partial charge in [-0.05, 0) is 23.8 Å². The zero-order valence-corrected chi connectivity index (χ0v) is 6.66. The molecule has 3 heteroatoms. The molecule has 1 aromatic heterocycles. The molecule has 2 N–H and O–H groups in total. The van der Waals surface area contributed by atoms with Gasteiger partial charge in [0.2, 0.25) is 5.91 Å². The smallest absolute Gasteiger partial charge is 0.221 e. The summed E-state index contributed by atoms with van der Waals surface area (Å²) in [6.45, 7) is 3.57. The van der Waals surface area contributed by atoms with Gasteiger partial charge in [-0.1, -0.05) is 6.58 Å². The first-order chi connectivity index (χ1) is 5.72. The zero-order valence-electron chi connectivity index (χ0n) is 6.66. The fourth-order valence-electron chi connectivity index (χ4n) is 0.917. The Kier molecular flexibility index (Phi) is 2.58. The van der Waals surface area contributed by atoms with Crippen LogP contribution in [0.1, 0.15) is 11.3 Å². The van der Waals surface area contributed by atoms with E-state index in [0.29, 0.717) is 0 Å². The van der Waals surface area contributed by atoms with Crippen molar-refractivity contribution >= 4 is 12.0 Å². The molecule has 1 heterocycles. The second-order valence-corrected chi connectivity index (χ2v) is 2.44. The van der Waals surface area contributed by atoms with Gasteiger partial charge in [-0.2, -0.15) is 0 Å². The summed E-state index contributed by atoms with van der Waals surface area (Å²) in [6.07, 6.45) is 3.52. The van der Waals surface area contributed by atoms with Crippen LogP contribution in [0.4, 0.5) is 0 Å². The molecule has 1 aromatic rings. The number of primary amides is 1. The molecule has 12 heavy (non-hydrogen) atoms. The third-order valence-electron chi connectivity index (χ3n) is 1.43. The van der Waals surface area contributed by atoms with Crippen LogP contribution in [0, 0.1) is 0 Å². The fraction of sp³-hybridized carbons (Fsp3) is 0.111. The molecule has 0 aromatic carbocycles. The van der Waals surface area contributed by atoms with Gasteiger partial charge in [-0.25, -0.2) is 0 Å². The molecule has 1 amide bonds. The monoisotopic (exact) mass is 162 g/mol. The molecule has 0 aliphatic carbocycles. The number of hydrogen-bond donors (Lipinski definition) is 1. The van der Waals surface area contributed by atoms with Crippen LogP contribution in [0.3, 0.4) is 0 Å². The van der Waals surface area contributed by atoms with Gasteiger partial charge < -0.3 is 5.73 Å². The van der Waals surface area contributed by atoms with E-state index in [9.17, 15) is 4.79 Å². The topological polar surface area (TPSA) is 56.0 Å². The molecular weight excluding hydrogens is 152 g/mol. The molecule has 0 saturated heterocycles. The number of nitrogens with zero attached hydrogens (tertiary/aromatic N) is 1. The summed E-state index contributed by atoms with van der Waals surface area (Å²) in [5, 5.41) is 0. The number of hydrogen-bond acceptors (Lipinski definition) is 2. The summed E-state index contributed by atoms with van der Waals surface area (Å²) in [4.78, 5) is 14.5. The maximum Gasteiger partial charge on any atom is 0.221 e. The summed E-state index contributed by atoms with van der Waals surface area (Å²) < 4.78 is 0. The van der Waals surface area contributed by atoms with Crippen LogP contribution >= 0.6 is 0 Å². The van der Waals surface area contributed by atoms with Crippen LogP contribution < -0.4 is 5.73 Å². The van der Waals surface area contributed by atoms with Crippen molar-refractivity contribution in [3.05, 3.63) is 36.2 Å². The molecule has 1 rings (SSSR count). The van der Waals surface area contributed by atoms with E-state index in [2.05, 4.69) is 11.6 Å². The van der Waals surface area contributed by atoms with Crippen molar-refractivity contribution in [3.8, 4) is 0 Å². The van der Waals surface area contributed by atoms with Crippen molar-refractivity contribution in [3.63, 3.8) is 0 Å². The SMILES string of the molecule is C=Cc1cc(CC(N)=O)ccn1. The van der Waals surface area contributed by atoms with Gasteiger partial charge >= 0.3 is 0 Å². The molecule has 62 valence electrons. The first-order valence-electron chi connectivity index (χ1n) is 3.58. The third kappa shape index (κ3) is 2.20. The van der Waals surface area contributed by atoms with E-state index < -0.39 is 0 Å². The first kappa shape index (κ1) is 8.46. The number of carbonyl (C=O) groups is 1. The molecule has 0 radical (unpaired) electrons. The first-order valence-corrected chi connectivity index (χ1v) is 3.58. The maximum atomic E-state index is 10.5. The number of pyridine rings is 1. The number of aromatic nitrogens is 1. The van der Waals surface area contributed by atoms with E-state index in [4.69, 9.17) is 5.73 Å². The molecule has 3 nitrogen and oxygen atoms in total.